The second kappa shape index (κ2) is 9.63. The van der Waals surface area contributed by atoms with Crippen molar-refractivity contribution in [2.45, 2.75) is 24.1 Å². The first-order valence-corrected chi connectivity index (χ1v) is 11.2. The van der Waals surface area contributed by atoms with Gasteiger partial charge in [0.15, 0.2) is 0 Å². The first kappa shape index (κ1) is 27.5. The van der Waals surface area contributed by atoms with Gasteiger partial charge in [-0.2, -0.15) is 18.4 Å². The molecule has 0 saturated carbocycles. The van der Waals surface area contributed by atoms with Gasteiger partial charge in [0.2, 0.25) is 11.5 Å². The summed E-state index contributed by atoms with van der Waals surface area (Å²) < 4.78 is 76.2. The summed E-state index contributed by atoms with van der Waals surface area (Å²) >= 11 is 0. The van der Waals surface area contributed by atoms with Gasteiger partial charge < -0.3 is 20.9 Å². The fourth-order valence-electron chi connectivity index (χ4n) is 4.00. The minimum atomic E-state index is -5.42. The van der Waals surface area contributed by atoms with E-state index < -0.39 is 58.4 Å². The van der Waals surface area contributed by atoms with Crippen molar-refractivity contribution in [3.8, 4) is 23.1 Å². The molecule has 2 amide bonds. The summed E-state index contributed by atoms with van der Waals surface area (Å²) in [7, 11) is 0. The predicted octanol–water partition coefficient (Wildman–Crippen LogP) is 3.21. The van der Waals surface area contributed by atoms with Crippen molar-refractivity contribution in [2.75, 3.05) is 13.2 Å². The maximum Gasteiger partial charge on any atom is 0.424 e. The maximum atomic E-state index is 14.4. The van der Waals surface area contributed by atoms with Gasteiger partial charge >= 0.3 is 6.18 Å². The van der Waals surface area contributed by atoms with Gasteiger partial charge in [0, 0.05) is 16.7 Å². The fourth-order valence-corrected chi connectivity index (χ4v) is 4.00. The molecule has 4 N–H and O–H groups in total. The number of alkyl halides is 3. The molecular weight excluding hydrogens is 527 g/mol. The second-order valence-corrected chi connectivity index (χ2v) is 9.07. The molecule has 2 atom stereocenters. The lowest BCUT2D eigenvalue weighted by molar-refractivity contribution is -0.265. The van der Waals surface area contributed by atoms with E-state index in [4.69, 9.17) is 15.7 Å². The number of hydrogen-bond donors (Lipinski definition) is 3. The number of primary amides is 1. The molecule has 1 aliphatic heterocycles. The van der Waals surface area contributed by atoms with Gasteiger partial charge in [-0.15, -0.1) is 0 Å². The van der Waals surface area contributed by atoms with Crippen molar-refractivity contribution in [3.63, 3.8) is 0 Å². The van der Waals surface area contributed by atoms with E-state index in [1.807, 2.05) is 5.32 Å². The van der Waals surface area contributed by atoms with Gasteiger partial charge in [0.1, 0.15) is 41.2 Å². The lowest BCUT2D eigenvalue weighted by atomic mass is 9.81. The molecule has 0 saturated heterocycles. The van der Waals surface area contributed by atoms with Gasteiger partial charge in [0.05, 0.1) is 17.8 Å². The summed E-state index contributed by atoms with van der Waals surface area (Å²) in [5.74, 6) is -3.87. The summed E-state index contributed by atoms with van der Waals surface area (Å²) in [6, 6.07) is 9.54. The van der Waals surface area contributed by atoms with E-state index in [-0.39, 0.29) is 34.7 Å². The second-order valence-electron chi connectivity index (χ2n) is 9.07. The number of nitrogens with one attached hydrogen (secondary N) is 1. The molecule has 202 valence electrons. The number of fused-ring (bicyclic) bond motifs is 1. The van der Waals surface area contributed by atoms with E-state index in [1.54, 1.807) is 6.07 Å². The molecule has 1 aliphatic rings. The number of nitrogens with two attached hydrogens (primary N) is 1. The van der Waals surface area contributed by atoms with Crippen molar-refractivity contribution in [1.29, 1.82) is 5.26 Å². The quantitative estimate of drug-likeness (QED) is 0.406. The van der Waals surface area contributed by atoms with E-state index in [1.165, 1.54) is 19.1 Å². The monoisotopic (exact) mass is 546 g/mol. The van der Waals surface area contributed by atoms with Crippen LogP contribution >= 0.6 is 0 Å². The summed E-state index contributed by atoms with van der Waals surface area (Å²) in [6.07, 6.45) is -5.42. The summed E-state index contributed by atoms with van der Waals surface area (Å²) in [4.78, 5) is 28.8. The van der Waals surface area contributed by atoms with Crippen molar-refractivity contribution < 1.29 is 41.4 Å². The number of halogens is 5. The number of aromatic nitrogens is 1. The Hall–Kier alpha value is -4.57. The number of benzene rings is 2. The van der Waals surface area contributed by atoms with Gasteiger partial charge in [-0.3, -0.25) is 9.59 Å². The Labute approximate surface area is 217 Å². The highest BCUT2D eigenvalue weighted by molar-refractivity contribution is 5.94. The Morgan fingerprint density at radius 2 is 1.85 bits per heavy atom. The first-order chi connectivity index (χ1) is 18.2. The van der Waals surface area contributed by atoms with Crippen molar-refractivity contribution in [1.82, 2.24) is 10.3 Å². The van der Waals surface area contributed by atoms with Crippen LogP contribution in [0.15, 0.2) is 48.5 Å². The van der Waals surface area contributed by atoms with Crippen LogP contribution < -0.4 is 15.8 Å². The van der Waals surface area contributed by atoms with Crippen LogP contribution in [0.1, 0.15) is 34.1 Å². The van der Waals surface area contributed by atoms with Crippen LogP contribution in [-0.4, -0.2) is 41.2 Å². The Balaban J connectivity index is 1.82. The minimum absolute atomic E-state index is 0.0757. The third-order valence-corrected chi connectivity index (χ3v) is 6.48. The number of carbonyl (C=O) groups excluding carboxylic acids is 2. The lowest BCUT2D eigenvalue weighted by Crippen LogP contribution is -2.51. The van der Waals surface area contributed by atoms with E-state index >= 15 is 0 Å². The van der Waals surface area contributed by atoms with E-state index in [2.05, 4.69) is 4.98 Å². The highest BCUT2D eigenvalue weighted by Crippen LogP contribution is 2.47. The molecule has 8 nitrogen and oxygen atoms in total. The summed E-state index contributed by atoms with van der Waals surface area (Å²) in [5.41, 5.74) is -1.88. The fraction of sp³-hybridized carbons (Fsp3) is 0.231. The average Bonchev–Trinajstić information content (AvgIpc) is 3.24. The van der Waals surface area contributed by atoms with Crippen LogP contribution in [0.2, 0.25) is 0 Å². The molecule has 4 rings (SSSR count). The van der Waals surface area contributed by atoms with E-state index in [9.17, 15) is 36.6 Å². The summed E-state index contributed by atoms with van der Waals surface area (Å²) in [5, 5.41) is 21.7. The molecule has 2 aromatic carbocycles. The van der Waals surface area contributed by atoms with Crippen LogP contribution in [0, 0.1) is 23.0 Å². The molecule has 0 radical (unpaired) electrons. The normalized spacial score (nSPS) is 17.9. The van der Waals surface area contributed by atoms with Gasteiger partial charge in [-0.05, 0) is 55.5 Å². The number of nitrogens with zero attached hydrogens (tertiary/aromatic N) is 2. The van der Waals surface area contributed by atoms with Crippen LogP contribution in [0.5, 0.6) is 5.75 Å². The van der Waals surface area contributed by atoms with Crippen molar-refractivity contribution in [2.24, 2.45) is 5.73 Å². The minimum Gasteiger partial charge on any atom is -0.489 e. The van der Waals surface area contributed by atoms with Crippen molar-refractivity contribution in [3.05, 3.63) is 82.5 Å². The number of nitriles is 1. The molecule has 0 bridgehead atoms. The topological polar surface area (TPSA) is 138 Å². The van der Waals surface area contributed by atoms with Crippen molar-refractivity contribution >= 4 is 11.8 Å². The molecule has 39 heavy (non-hydrogen) atoms. The molecule has 0 fully saturated rings. The van der Waals surface area contributed by atoms with Crippen LogP contribution in [-0.2, 0) is 15.8 Å². The first-order valence-electron chi connectivity index (χ1n) is 11.2. The highest BCUT2D eigenvalue weighted by Gasteiger charge is 2.57. The van der Waals surface area contributed by atoms with Gasteiger partial charge in [0.25, 0.3) is 5.91 Å². The van der Waals surface area contributed by atoms with E-state index in [0.29, 0.717) is 6.07 Å². The molecule has 3 aromatic rings. The largest absolute Gasteiger partial charge is 0.489 e. The number of rotatable bonds is 6. The Morgan fingerprint density at radius 1 is 1.18 bits per heavy atom. The van der Waals surface area contributed by atoms with Crippen LogP contribution in [0.3, 0.4) is 0 Å². The van der Waals surface area contributed by atoms with E-state index in [0.717, 1.165) is 30.3 Å². The third-order valence-electron chi connectivity index (χ3n) is 6.48. The smallest absolute Gasteiger partial charge is 0.424 e. The third kappa shape index (κ3) is 4.74. The molecule has 13 heteroatoms. The molecular formula is C26H19F5N4O4. The van der Waals surface area contributed by atoms with Crippen LogP contribution in [0.4, 0.5) is 22.0 Å². The Bertz CT molecular complexity index is 1520. The number of carbonyl (C=O) groups is 2. The van der Waals surface area contributed by atoms with Crippen LogP contribution in [0.25, 0.3) is 11.3 Å². The number of ether oxygens (including phenoxy) is 1. The van der Waals surface area contributed by atoms with Gasteiger partial charge in [-0.1, -0.05) is 0 Å². The number of hydrogen-bond acceptors (Lipinski definition) is 6. The standard InChI is InChI=1S/C26H19F5N4O4/c1-24(23(33)37)12-39-21-17(24)9-19(35-20(21)13-4-6-16(27)7-5-13)25(38,26(29,30)31)11-34-22(36)14-2-3-15(10-32)18(28)8-14/h2-9,38H,11-12H2,1H3,(H2,33,37)(H,34,36)/t24-,25-/m0/s1. The number of pyridine rings is 1. The number of amides is 2. The average molecular weight is 546 g/mol. The maximum absolute atomic E-state index is 14.4. The zero-order valence-electron chi connectivity index (χ0n) is 20.1. The molecule has 1 aromatic heterocycles. The molecule has 0 spiro atoms. The molecule has 0 unspecified atom stereocenters. The summed E-state index contributed by atoms with van der Waals surface area (Å²) in [6.45, 7) is -0.449. The highest BCUT2D eigenvalue weighted by atomic mass is 19.4. The predicted molar refractivity (Wildman–Crippen MR) is 125 cm³/mol. The van der Waals surface area contributed by atoms with Gasteiger partial charge in [-0.25, -0.2) is 13.8 Å². The Kier molecular flexibility index (Phi) is 6.78. The molecule has 2 heterocycles. The Morgan fingerprint density at radius 3 is 2.41 bits per heavy atom. The molecule has 0 aliphatic carbocycles. The zero-order chi connectivity index (χ0) is 28.8. The number of aliphatic hydroxyl groups is 1. The zero-order valence-corrected chi connectivity index (χ0v) is 20.1. The lowest BCUT2D eigenvalue weighted by Gasteiger charge is -2.31. The SMILES string of the molecule is C[C@]1(C(N)=O)COc2c1cc([C@@](O)(CNC(=O)c1ccc(C#N)c(F)c1)C(F)(F)F)nc2-c1ccc(F)cc1.